The Balaban J connectivity index is 2.02. The zero-order valence-electron chi connectivity index (χ0n) is 23.1. The van der Waals surface area contributed by atoms with Crippen molar-refractivity contribution in [3.63, 3.8) is 0 Å². The summed E-state index contributed by atoms with van der Waals surface area (Å²) < 4.78 is 42.8. The average Bonchev–Trinajstić information content (AvgIpc) is 3.47. The normalized spacial score (nSPS) is 26.5. The number of carbonyl (C=O) groups excluding carboxylic acids is 1. The minimum absolute atomic E-state index is 0.119. The van der Waals surface area contributed by atoms with Crippen LogP contribution in [0.15, 0.2) is 28.5 Å². The van der Waals surface area contributed by atoms with E-state index in [4.69, 9.17) is 32.9 Å². The highest BCUT2D eigenvalue weighted by molar-refractivity contribution is 5.89. The number of ether oxygens (including phenoxy) is 6. The first-order valence-corrected chi connectivity index (χ1v) is 12.9. The summed E-state index contributed by atoms with van der Waals surface area (Å²) in [6.45, 7) is 14.4. The van der Waals surface area contributed by atoms with E-state index >= 15 is 0 Å². The molecular weight excluding hydrogens is 490 g/mol. The molecule has 2 heterocycles. The zero-order chi connectivity index (χ0) is 27.4. The molecule has 9 heteroatoms. The molecule has 1 spiro atoms. The Morgan fingerprint density at radius 1 is 1.13 bits per heavy atom. The molecular formula is C29H35NO8. The molecule has 0 N–H and O–H groups in total. The van der Waals surface area contributed by atoms with Crippen LogP contribution in [0.1, 0.15) is 57.1 Å². The molecule has 9 nitrogen and oxygen atoms in total. The lowest BCUT2D eigenvalue weighted by atomic mass is 9.54. The fraction of sp³-hybridized carbons (Fsp3) is 0.517. The number of benzene rings is 1. The largest absolute Gasteiger partial charge is 0.496 e. The predicted molar refractivity (Wildman–Crippen MR) is 139 cm³/mol. The van der Waals surface area contributed by atoms with E-state index in [1.54, 1.807) is 21.1 Å². The van der Waals surface area contributed by atoms with Gasteiger partial charge in [0.2, 0.25) is 0 Å². The lowest BCUT2D eigenvalue weighted by molar-refractivity contribution is -0.178. The van der Waals surface area contributed by atoms with Crippen molar-refractivity contribution in [2.24, 2.45) is 11.8 Å². The van der Waals surface area contributed by atoms with Crippen molar-refractivity contribution in [3.8, 4) is 22.8 Å². The lowest BCUT2D eigenvalue weighted by Crippen LogP contribution is -2.61. The highest BCUT2D eigenvalue weighted by atomic mass is 16.7. The maximum absolute atomic E-state index is 13.8. The highest BCUT2D eigenvalue weighted by Crippen LogP contribution is 2.69. The number of esters is 1. The van der Waals surface area contributed by atoms with E-state index in [0.29, 0.717) is 58.4 Å². The molecule has 0 unspecified atom stereocenters. The molecule has 0 radical (unpaired) electrons. The van der Waals surface area contributed by atoms with Crippen LogP contribution in [0.3, 0.4) is 0 Å². The standard InChI is InChI=1S/C29H35NO8/c1-9-34-17(6)28-24-18(11-15(3)4)19(32-7)13-20(33-8)22(24)26-25-21(38-30-26)12-16(5)23(27(31)35-10-2)29(25,28)37-14-36-28/h11,13,16,23H,6,9-10,12,14H2,1-5,7-8H3/t16-,23-,28-,29+/m0/s1. The van der Waals surface area contributed by atoms with E-state index in [1.807, 2.05) is 39.8 Å². The fourth-order valence-electron chi connectivity index (χ4n) is 6.56. The van der Waals surface area contributed by atoms with E-state index in [0.717, 1.165) is 11.1 Å². The third-order valence-electron chi connectivity index (χ3n) is 7.74. The number of hydrogen-bond acceptors (Lipinski definition) is 9. The summed E-state index contributed by atoms with van der Waals surface area (Å²) in [6.07, 6.45) is 2.48. The Hall–Kier alpha value is -3.30. The number of carbonyl (C=O) groups is 1. The summed E-state index contributed by atoms with van der Waals surface area (Å²) in [5.41, 5.74) is 1.34. The molecule has 1 fully saturated rings. The molecule has 1 saturated heterocycles. The second-order valence-corrected chi connectivity index (χ2v) is 10.1. The van der Waals surface area contributed by atoms with Crippen molar-refractivity contribution in [2.75, 3.05) is 34.2 Å². The summed E-state index contributed by atoms with van der Waals surface area (Å²) >= 11 is 0. The van der Waals surface area contributed by atoms with Gasteiger partial charge in [0, 0.05) is 23.6 Å². The average molecular weight is 526 g/mol. The summed E-state index contributed by atoms with van der Waals surface area (Å²) in [4.78, 5) is 13.8. The van der Waals surface area contributed by atoms with Crippen molar-refractivity contribution in [2.45, 2.75) is 52.2 Å². The first-order valence-electron chi connectivity index (χ1n) is 12.9. The molecule has 5 rings (SSSR count). The number of nitrogens with zero attached hydrogens (tertiary/aromatic N) is 1. The molecule has 204 valence electrons. The molecule has 38 heavy (non-hydrogen) atoms. The van der Waals surface area contributed by atoms with Crippen LogP contribution in [0.25, 0.3) is 17.3 Å². The number of aromatic nitrogens is 1. The topological polar surface area (TPSA) is 98.5 Å². The van der Waals surface area contributed by atoms with Crippen LogP contribution >= 0.6 is 0 Å². The van der Waals surface area contributed by atoms with Gasteiger partial charge in [-0.05, 0) is 33.6 Å². The second-order valence-electron chi connectivity index (χ2n) is 10.1. The van der Waals surface area contributed by atoms with Gasteiger partial charge in [-0.1, -0.05) is 30.3 Å². The van der Waals surface area contributed by atoms with E-state index < -0.39 is 17.1 Å². The van der Waals surface area contributed by atoms with Crippen LogP contribution in [0, 0.1) is 11.8 Å². The monoisotopic (exact) mass is 525 g/mol. The quantitative estimate of drug-likeness (QED) is 0.344. The molecule has 4 atom stereocenters. The number of fused-ring (bicyclic) bond motifs is 3. The van der Waals surface area contributed by atoms with E-state index in [2.05, 4.69) is 11.7 Å². The van der Waals surface area contributed by atoms with Crippen molar-refractivity contribution >= 4 is 12.0 Å². The van der Waals surface area contributed by atoms with Gasteiger partial charge in [0.15, 0.2) is 11.2 Å². The molecule has 0 bridgehead atoms. The van der Waals surface area contributed by atoms with Gasteiger partial charge in [0.05, 0.1) is 44.5 Å². The van der Waals surface area contributed by atoms with Crippen molar-refractivity contribution in [3.05, 3.63) is 46.4 Å². The SMILES string of the molecule is C=C(OCC)[C@@]12OCO[C@]13c1c(noc1C[C@H](C)[C@H]3C(=O)OCC)-c1c(OC)cc(OC)c(C=C(C)C)c12. The summed E-state index contributed by atoms with van der Waals surface area (Å²) in [5.74, 6) is 0.617. The molecule has 3 aliphatic rings. The van der Waals surface area contributed by atoms with Crippen molar-refractivity contribution in [1.29, 1.82) is 0 Å². The summed E-state index contributed by atoms with van der Waals surface area (Å²) in [7, 11) is 3.19. The molecule has 2 aromatic rings. The third-order valence-corrected chi connectivity index (χ3v) is 7.74. The molecule has 1 aromatic heterocycles. The Bertz CT molecular complexity index is 1320. The Morgan fingerprint density at radius 3 is 2.47 bits per heavy atom. The number of methoxy groups -OCH3 is 2. The molecule has 1 aliphatic heterocycles. The summed E-state index contributed by atoms with van der Waals surface area (Å²) in [6, 6.07) is 1.82. The smallest absolute Gasteiger partial charge is 0.312 e. The maximum atomic E-state index is 13.8. The lowest BCUT2D eigenvalue weighted by Gasteiger charge is -2.53. The van der Waals surface area contributed by atoms with Crippen LogP contribution in [-0.2, 0) is 41.4 Å². The zero-order valence-corrected chi connectivity index (χ0v) is 23.1. The fourth-order valence-corrected chi connectivity index (χ4v) is 6.56. The maximum Gasteiger partial charge on any atom is 0.312 e. The van der Waals surface area contributed by atoms with E-state index in [-0.39, 0.29) is 25.3 Å². The summed E-state index contributed by atoms with van der Waals surface area (Å²) in [5, 5.41) is 4.53. The minimum Gasteiger partial charge on any atom is -0.496 e. The predicted octanol–water partition coefficient (Wildman–Crippen LogP) is 5.11. The van der Waals surface area contributed by atoms with Crippen molar-refractivity contribution in [1.82, 2.24) is 5.16 Å². The Morgan fingerprint density at radius 2 is 1.84 bits per heavy atom. The number of allylic oxidation sites excluding steroid dienone is 1. The van der Waals surface area contributed by atoms with Crippen LogP contribution in [0.5, 0.6) is 11.5 Å². The van der Waals surface area contributed by atoms with Gasteiger partial charge in [-0.15, -0.1) is 0 Å². The van der Waals surface area contributed by atoms with Gasteiger partial charge in [-0.3, -0.25) is 4.79 Å². The van der Waals surface area contributed by atoms with E-state index in [9.17, 15) is 4.79 Å². The second kappa shape index (κ2) is 9.47. The number of hydrogen-bond donors (Lipinski definition) is 0. The molecule has 0 amide bonds. The highest BCUT2D eigenvalue weighted by Gasteiger charge is 2.75. The van der Waals surface area contributed by atoms with Gasteiger partial charge in [0.25, 0.3) is 0 Å². The Kier molecular flexibility index (Phi) is 6.55. The molecule has 2 aliphatic carbocycles. The van der Waals surface area contributed by atoms with Gasteiger partial charge in [0.1, 0.15) is 35.5 Å². The van der Waals surface area contributed by atoms with Gasteiger partial charge in [-0.2, -0.15) is 0 Å². The minimum atomic E-state index is -1.47. The van der Waals surface area contributed by atoms with Gasteiger partial charge >= 0.3 is 5.97 Å². The first kappa shape index (κ1) is 26.3. The third kappa shape index (κ3) is 3.24. The number of rotatable bonds is 8. The van der Waals surface area contributed by atoms with Gasteiger partial charge < -0.3 is 32.9 Å². The Labute approximate surface area is 222 Å². The van der Waals surface area contributed by atoms with Crippen LogP contribution in [0.2, 0.25) is 0 Å². The molecule has 0 saturated carbocycles. The van der Waals surface area contributed by atoms with Crippen LogP contribution < -0.4 is 9.47 Å². The van der Waals surface area contributed by atoms with Crippen molar-refractivity contribution < 1.29 is 37.7 Å². The van der Waals surface area contributed by atoms with Crippen LogP contribution in [0.4, 0.5) is 0 Å². The van der Waals surface area contributed by atoms with E-state index in [1.165, 1.54) is 0 Å². The first-order chi connectivity index (χ1) is 18.2. The molecule has 1 aromatic carbocycles. The van der Waals surface area contributed by atoms with Gasteiger partial charge in [-0.25, -0.2) is 0 Å². The van der Waals surface area contributed by atoms with Crippen LogP contribution in [-0.4, -0.2) is 45.4 Å².